The zero-order valence-electron chi connectivity index (χ0n) is 16.7. The molecular weight excluding hydrogens is 376 g/mol. The van der Waals surface area contributed by atoms with Gasteiger partial charge in [-0.15, -0.1) is 0 Å². The van der Waals surface area contributed by atoms with E-state index in [4.69, 9.17) is 4.74 Å². The van der Waals surface area contributed by atoms with Gasteiger partial charge in [0.1, 0.15) is 5.75 Å². The van der Waals surface area contributed by atoms with E-state index in [-0.39, 0.29) is 23.5 Å². The van der Waals surface area contributed by atoms with Crippen molar-refractivity contribution in [1.29, 1.82) is 0 Å². The van der Waals surface area contributed by atoms with Crippen molar-refractivity contribution in [1.82, 2.24) is 4.72 Å². The molecule has 0 unspecified atom stereocenters. The minimum atomic E-state index is -3.55. The third-order valence-electron chi connectivity index (χ3n) is 4.33. The lowest BCUT2D eigenvalue weighted by Crippen LogP contribution is -2.31. The first-order valence-corrected chi connectivity index (χ1v) is 10.8. The second-order valence-corrected chi connectivity index (χ2v) is 8.73. The van der Waals surface area contributed by atoms with Crippen molar-refractivity contribution in [3.8, 4) is 5.75 Å². The first-order chi connectivity index (χ1) is 13.2. The van der Waals surface area contributed by atoms with Crippen molar-refractivity contribution in [2.24, 2.45) is 0 Å². The molecule has 1 atom stereocenters. The monoisotopic (exact) mass is 404 g/mol. The lowest BCUT2D eigenvalue weighted by Gasteiger charge is -2.13. The molecule has 0 aromatic heterocycles. The number of anilines is 1. The molecule has 1 amide bonds. The summed E-state index contributed by atoms with van der Waals surface area (Å²) in [6.45, 7) is 7.78. The van der Waals surface area contributed by atoms with Crippen molar-refractivity contribution in [3.63, 3.8) is 0 Å². The molecule has 0 heterocycles. The Balaban J connectivity index is 1.89. The summed E-state index contributed by atoms with van der Waals surface area (Å²) in [5.74, 6) is 0.570. The van der Waals surface area contributed by atoms with Crippen molar-refractivity contribution in [3.05, 3.63) is 54.1 Å². The van der Waals surface area contributed by atoms with Gasteiger partial charge in [-0.2, -0.15) is 0 Å². The highest BCUT2D eigenvalue weighted by Gasteiger charge is 2.16. The Morgan fingerprint density at radius 3 is 2.14 bits per heavy atom. The van der Waals surface area contributed by atoms with Gasteiger partial charge in [-0.3, -0.25) is 4.79 Å². The molecule has 0 aliphatic carbocycles. The molecule has 0 spiro atoms. The van der Waals surface area contributed by atoms with E-state index in [2.05, 4.69) is 23.9 Å². The summed E-state index contributed by atoms with van der Waals surface area (Å²) in [5, 5.41) is 2.77. The Morgan fingerprint density at radius 2 is 1.61 bits per heavy atom. The Kier molecular flexibility index (Phi) is 7.60. The van der Waals surface area contributed by atoms with E-state index < -0.39 is 10.0 Å². The number of hydrogen-bond acceptors (Lipinski definition) is 4. The number of amides is 1. The molecule has 0 aliphatic rings. The lowest BCUT2D eigenvalue weighted by molar-refractivity contribution is -0.118. The van der Waals surface area contributed by atoms with E-state index in [0.29, 0.717) is 23.8 Å². The van der Waals surface area contributed by atoms with Crippen LogP contribution in [0.5, 0.6) is 5.75 Å². The number of rotatable bonds is 9. The van der Waals surface area contributed by atoms with Gasteiger partial charge >= 0.3 is 0 Å². The quantitative estimate of drug-likeness (QED) is 0.664. The molecule has 6 nitrogen and oxygen atoms in total. The molecule has 0 fully saturated rings. The zero-order chi connectivity index (χ0) is 20.7. The van der Waals surface area contributed by atoms with Crippen molar-refractivity contribution in [2.75, 3.05) is 11.9 Å². The second-order valence-electron chi connectivity index (χ2n) is 7.02. The van der Waals surface area contributed by atoms with E-state index in [0.717, 1.165) is 0 Å². The molecule has 2 rings (SSSR count). The third-order valence-corrected chi connectivity index (χ3v) is 5.94. The fraction of sp³-hybridized carbons (Fsp3) is 0.381. The van der Waals surface area contributed by atoms with Crippen LogP contribution in [0.3, 0.4) is 0 Å². The second kappa shape index (κ2) is 9.71. The SMILES string of the molecule is CC[C@@H](C)NS(=O)(=O)c1ccc(OCC(=O)Nc2ccc(C(C)C)cc2)cc1. The van der Waals surface area contributed by atoms with Crippen LogP contribution in [-0.4, -0.2) is 27.0 Å². The molecule has 2 aromatic rings. The number of ether oxygens (including phenoxy) is 1. The highest BCUT2D eigenvalue weighted by Crippen LogP contribution is 2.18. The number of carbonyl (C=O) groups is 1. The summed E-state index contributed by atoms with van der Waals surface area (Å²) in [4.78, 5) is 12.2. The minimum Gasteiger partial charge on any atom is -0.484 e. The molecule has 28 heavy (non-hydrogen) atoms. The van der Waals surface area contributed by atoms with E-state index >= 15 is 0 Å². The van der Waals surface area contributed by atoms with Crippen LogP contribution in [0.4, 0.5) is 5.69 Å². The van der Waals surface area contributed by atoms with Crippen molar-refractivity contribution < 1.29 is 17.9 Å². The van der Waals surface area contributed by atoms with Gasteiger partial charge in [-0.25, -0.2) is 13.1 Å². The van der Waals surface area contributed by atoms with Crippen LogP contribution in [0.1, 0.15) is 45.6 Å². The van der Waals surface area contributed by atoms with E-state index in [9.17, 15) is 13.2 Å². The Morgan fingerprint density at radius 1 is 1.00 bits per heavy atom. The average molecular weight is 405 g/mol. The summed E-state index contributed by atoms with van der Waals surface area (Å²) >= 11 is 0. The van der Waals surface area contributed by atoms with Gasteiger partial charge in [0.05, 0.1) is 4.90 Å². The molecule has 0 saturated carbocycles. The Hall–Kier alpha value is -2.38. The summed E-state index contributed by atoms with van der Waals surface area (Å²) in [6, 6.07) is 13.5. The predicted molar refractivity (Wildman–Crippen MR) is 111 cm³/mol. The van der Waals surface area contributed by atoms with Gasteiger partial charge in [-0.05, 0) is 61.2 Å². The molecule has 0 radical (unpaired) electrons. The van der Waals surface area contributed by atoms with Crippen LogP contribution in [0.2, 0.25) is 0 Å². The van der Waals surface area contributed by atoms with Crippen LogP contribution in [0.15, 0.2) is 53.4 Å². The van der Waals surface area contributed by atoms with E-state index in [1.165, 1.54) is 29.8 Å². The van der Waals surface area contributed by atoms with Crippen LogP contribution in [0.25, 0.3) is 0 Å². The molecule has 152 valence electrons. The maximum absolute atomic E-state index is 12.2. The van der Waals surface area contributed by atoms with Gasteiger partial charge in [0.2, 0.25) is 10.0 Å². The molecular formula is C21H28N2O4S. The predicted octanol–water partition coefficient (Wildman–Crippen LogP) is 3.90. The first-order valence-electron chi connectivity index (χ1n) is 9.36. The van der Waals surface area contributed by atoms with Crippen LogP contribution >= 0.6 is 0 Å². The van der Waals surface area contributed by atoms with Gasteiger partial charge in [-0.1, -0.05) is 32.9 Å². The smallest absolute Gasteiger partial charge is 0.262 e. The number of nitrogens with one attached hydrogen (secondary N) is 2. The highest BCUT2D eigenvalue weighted by atomic mass is 32.2. The fourth-order valence-electron chi connectivity index (χ4n) is 2.43. The fourth-order valence-corrected chi connectivity index (χ4v) is 3.76. The van der Waals surface area contributed by atoms with Crippen LogP contribution < -0.4 is 14.8 Å². The summed E-state index contributed by atoms with van der Waals surface area (Å²) in [6.07, 6.45) is 0.704. The van der Waals surface area contributed by atoms with Gasteiger partial charge in [0, 0.05) is 11.7 Å². The molecule has 0 aliphatic heterocycles. The Bertz CT molecular complexity index is 876. The topological polar surface area (TPSA) is 84.5 Å². The highest BCUT2D eigenvalue weighted by molar-refractivity contribution is 7.89. The van der Waals surface area contributed by atoms with Gasteiger partial charge in [0.15, 0.2) is 6.61 Å². The maximum atomic E-state index is 12.2. The van der Waals surface area contributed by atoms with Crippen LogP contribution in [-0.2, 0) is 14.8 Å². The van der Waals surface area contributed by atoms with Crippen molar-refractivity contribution >= 4 is 21.6 Å². The normalized spacial score (nSPS) is 12.6. The number of hydrogen-bond donors (Lipinski definition) is 2. The Labute approximate surface area is 167 Å². The first kappa shape index (κ1) is 21.9. The number of carbonyl (C=O) groups excluding carboxylic acids is 1. The lowest BCUT2D eigenvalue weighted by atomic mass is 10.0. The molecule has 7 heteroatoms. The molecule has 0 bridgehead atoms. The van der Waals surface area contributed by atoms with E-state index in [1.807, 2.05) is 38.1 Å². The molecule has 2 N–H and O–H groups in total. The van der Waals surface area contributed by atoms with Crippen LogP contribution in [0, 0.1) is 0 Å². The number of benzene rings is 2. The maximum Gasteiger partial charge on any atom is 0.262 e. The van der Waals surface area contributed by atoms with Crippen molar-refractivity contribution in [2.45, 2.75) is 51.0 Å². The summed E-state index contributed by atoms with van der Waals surface area (Å²) in [7, 11) is -3.55. The van der Waals surface area contributed by atoms with Gasteiger partial charge in [0.25, 0.3) is 5.91 Å². The largest absolute Gasteiger partial charge is 0.484 e. The third kappa shape index (κ3) is 6.35. The van der Waals surface area contributed by atoms with Gasteiger partial charge < -0.3 is 10.1 Å². The molecule has 0 saturated heterocycles. The zero-order valence-corrected chi connectivity index (χ0v) is 17.5. The molecule has 2 aromatic carbocycles. The van der Waals surface area contributed by atoms with E-state index in [1.54, 1.807) is 0 Å². The standard InChI is InChI=1S/C21H28N2O4S/c1-5-16(4)23-28(25,26)20-12-10-19(11-13-20)27-14-21(24)22-18-8-6-17(7-9-18)15(2)3/h6-13,15-16,23H,5,14H2,1-4H3,(H,22,24)/t16-/m1/s1. The summed E-state index contributed by atoms with van der Waals surface area (Å²) < 4.78 is 32.5. The minimum absolute atomic E-state index is 0.140. The number of sulfonamides is 1. The average Bonchev–Trinajstić information content (AvgIpc) is 2.66. The summed E-state index contributed by atoms with van der Waals surface area (Å²) in [5.41, 5.74) is 1.91.